The number of nitrogens with two attached hydrogens (primary N) is 1. The Kier molecular flexibility index (Phi) is 4.49. The first kappa shape index (κ1) is 14.0. The minimum Gasteiger partial charge on any atom is -0.323 e. The lowest BCUT2D eigenvalue weighted by Gasteiger charge is -2.13. The predicted octanol–water partition coefficient (Wildman–Crippen LogP) is 3.07. The third-order valence-corrected chi connectivity index (χ3v) is 3.52. The number of carbonyl (C=O) groups is 1. The number of halogens is 2. The van der Waals surface area contributed by atoms with E-state index >= 15 is 0 Å². The van der Waals surface area contributed by atoms with Crippen molar-refractivity contribution in [1.29, 1.82) is 0 Å². The van der Waals surface area contributed by atoms with Crippen molar-refractivity contribution in [3.8, 4) is 0 Å². The van der Waals surface area contributed by atoms with Crippen LogP contribution in [-0.4, -0.2) is 5.91 Å². The molecule has 0 heterocycles. The van der Waals surface area contributed by atoms with E-state index in [2.05, 4.69) is 5.32 Å². The van der Waals surface area contributed by atoms with Gasteiger partial charge in [-0.25, -0.2) is 4.39 Å². The highest BCUT2D eigenvalue weighted by Crippen LogP contribution is 2.20. The summed E-state index contributed by atoms with van der Waals surface area (Å²) in [6.07, 6.45) is 0. The second-order valence-electron chi connectivity index (χ2n) is 4.00. The van der Waals surface area contributed by atoms with E-state index in [9.17, 15) is 9.18 Å². The summed E-state index contributed by atoms with van der Waals surface area (Å²) in [5.74, 6) is -0.662. The molecule has 0 aliphatic carbocycles. The topological polar surface area (TPSA) is 55.1 Å². The van der Waals surface area contributed by atoms with Crippen molar-refractivity contribution in [2.45, 2.75) is 6.04 Å². The number of rotatable bonds is 3. The maximum absolute atomic E-state index is 13.0. The van der Waals surface area contributed by atoms with Gasteiger partial charge in [0.1, 0.15) is 11.9 Å². The van der Waals surface area contributed by atoms with Crippen molar-refractivity contribution >= 4 is 34.2 Å². The maximum atomic E-state index is 13.0. The van der Waals surface area contributed by atoms with Crippen LogP contribution < -0.4 is 11.1 Å². The van der Waals surface area contributed by atoms with Gasteiger partial charge in [-0.2, -0.15) is 0 Å². The molecule has 2 rings (SSSR count). The molecule has 1 amide bonds. The zero-order chi connectivity index (χ0) is 13.8. The van der Waals surface area contributed by atoms with Crippen LogP contribution in [0.2, 0.25) is 0 Å². The third kappa shape index (κ3) is 3.51. The van der Waals surface area contributed by atoms with Crippen molar-refractivity contribution in [3.63, 3.8) is 0 Å². The number of hydrogen-bond acceptors (Lipinski definition) is 2. The summed E-state index contributed by atoms with van der Waals surface area (Å²) in [6.45, 7) is 0. The Balaban J connectivity index is 2.13. The second-order valence-corrected chi connectivity index (χ2v) is 5.16. The zero-order valence-corrected chi connectivity index (χ0v) is 12.1. The Morgan fingerprint density at radius 3 is 2.53 bits per heavy atom. The lowest BCUT2D eigenvalue weighted by atomic mass is 10.1. The van der Waals surface area contributed by atoms with Gasteiger partial charge >= 0.3 is 0 Å². The summed E-state index contributed by atoms with van der Waals surface area (Å²) in [7, 11) is 0. The van der Waals surface area contributed by atoms with Crippen LogP contribution in [0.5, 0.6) is 0 Å². The molecule has 3 nitrogen and oxygen atoms in total. The molecule has 0 fully saturated rings. The standard InChI is InChI=1S/C14H12FIN2O/c15-10-6-7-12(11(16)8-10)18-14(19)13(17)9-4-2-1-3-5-9/h1-8,13H,17H2,(H,18,19)/t13-/m1/s1. The smallest absolute Gasteiger partial charge is 0.245 e. The summed E-state index contributed by atoms with van der Waals surface area (Å²) in [5.41, 5.74) is 7.17. The molecular weight excluding hydrogens is 358 g/mol. The van der Waals surface area contributed by atoms with Crippen LogP contribution in [0.25, 0.3) is 0 Å². The Morgan fingerprint density at radius 1 is 1.21 bits per heavy atom. The first-order chi connectivity index (χ1) is 9.08. The average molecular weight is 370 g/mol. The average Bonchev–Trinajstić information content (AvgIpc) is 2.42. The maximum Gasteiger partial charge on any atom is 0.245 e. The molecule has 5 heteroatoms. The summed E-state index contributed by atoms with van der Waals surface area (Å²) in [6, 6.07) is 12.5. The lowest BCUT2D eigenvalue weighted by Crippen LogP contribution is -2.28. The normalized spacial score (nSPS) is 11.9. The number of hydrogen-bond donors (Lipinski definition) is 2. The molecule has 19 heavy (non-hydrogen) atoms. The molecule has 98 valence electrons. The molecule has 1 atom stereocenters. The largest absolute Gasteiger partial charge is 0.323 e. The number of amides is 1. The van der Waals surface area contributed by atoms with Gasteiger partial charge in [-0.15, -0.1) is 0 Å². The van der Waals surface area contributed by atoms with Gasteiger partial charge in [0, 0.05) is 3.57 Å². The van der Waals surface area contributed by atoms with E-state index < -0.39 is 6.04 Å². The molecule has 0 unspecified atom stereocenters. The summed E-state index contributed by atoms with van der Waals surface area (Å²) in [4.78, 5) is 12.0. The highest BCUT2D eigenvalue weighted by atomic mass is 127. The SMILES string of the molecule is N[C@@H](C(=O)Nc1ccc(F)cc1I)c1ccccc1. The Bertz CT molecular complexity index is 589. The molecule has 0 aliphatic heterocycles. The van der Waals surface area contributed by atoms with Gasteiger partial charge in [0.05, 0.1) is 5.69 Å². The zero-order valence-electron chi connectivity index (χ0n) is 9.94. The number of nitrogens with one attached hydrogen (secondary N) is 1. The van der Waals surface area contributed by atoms with E-state index in [4.69, 9.17) is 5.73 Å². The molecule has 0 aliphatic rings. The van der Waals surface area contributed by atoms with Gasteiger partial charge in [0.25, 0.3) is 0 Å². The lowest BCUT2D eigenvalue weighted by molar-refractivity contribution is -0.117. The first-order valence-electron chi connectivity index (χ1n) is 5.64. The molecule has 0 saturated heterocycles. The van der Waals surface area contributed by atoms with Gasteiger partial charge in [0.2, 0.25) is 5.91 Å². The van der Waals surface area contributed by atoms with E-state index in [1.165, 1.54) is 18.2 Å². The molecule has 2 aromatic carbocycles. The van der Waals surface area contributed by atoms with Gasteiger partial charge in [-0.1, -0.05) is 30.3 Å². The summed E-state index contributed by atoms with van der Waals surface area (Å²) < 4.78 is 13.6. The van der Waals surface area contributed by atoms with Crippen LogP contribution in [0.4, 0.5) is 10.1 Å². The van der Waals surface area contributed by atoms with Crippen molar-refractivity contribution in [2.75, 3.05) is 5.32 Å². The first-order valence-corrected chi connectivity index (χ1v) is 6.72. The van der Waals surface area contributed by atoms with Crippen LogP contribution >= 0.6 is 22.6 Å². The van der Waals surface area contributed by atoms with E-state index in [1.807, 2.05) is 40.8 Å². The Morgan fingerprint density at radius 2 is 1.89 bits per heavy atom. The molecule has 0 spiro atoms. The Hall–Kier alpha value is -1.47. The van der Waals surface area contributed by atoms with Crippen LogP contribution in [-0.2, 0) is 4.79 Å². The molecule has 2 aromatic rings. The monoisotopic (exact) mass is 370 g/mol. The molecule has 3 N–H and O–H groups in total. The van der Waals surface area contributed by atoms with E-state index in [-0.39, 0.29) is 11.7 Å². The molecule has 0 aromatic heterocycles. The van der Waals surface area contributed by atoms with Crippen LogP contribution in [0.15, 0.2) is 48.5 Å². The highest BCUT2D eigenvalue weighted by molar-refractivity contribution is 14.1. The molecular formula is C14H12FIN2O. The molecule has 0 bridgehead atoms. The summed E-state index contributed by atoms with van der Waals surface area (Å²) in [5, 5.41) is 2.70. The Labute approximate surface area is 124 Å². The van der Waals surface area contributed by atoms with Gasteiger partial charge in [-0.05, 0) is 46.4 Å². The quantitative estimate of drug-likeness (QED) is 0.816. The van der Waals surface area contributed by atoms with Crippen LogP contribution in [0.3, 0.4) is 0 Å². The minimum atomic E-state index is -0.748. The van der Waals surface area contributed by atoms with Crippen LogP contribution in [0.1, 0.15) is 11.6 Å². The van der Waals surface area contributed by atoms with Gasteiger partial charge in [0.15, 0.2) is 0 Å². The minimum absolute atomic E-state index is 0.323. The van der Waals surface area contributed by atoms with E-state index in [0.29, 0.717) is 9.26 Å². The van der Waals surface area contributed by atoms with E-state index in [1.54, 1.807) is 12.1 Å². The summed E-state index contributed by atoms with van der Waals surface area (Å²) >= 11 is 1.96. The molecule has 0 saturated carbocycles. The molecule has 0 radical (unpaired) electrons. The number of carbonyl (C=O) groups excluding carboxylic acids is 1. The van der Waals surface area contributed by atoms with Crippen molar-refractivity contribution in [2.24, 2.45) is 5.73 Å². The second kappa shape index (κ2) is 6.12. The fraction of sp³-hybridized carbons (Fsp3) is 0.0714. The number of anilines is 1. The fourth-order valence-corrected chi connectivity index (χ4v) is 2.23. The third-order valence-electron chi connectivity index (χ3n) is 2.63. The predicted molar refractivity (Wildman–Crippen MR) is 81.1 cm³/mol. The van der Waals surface area contributed by atoms with Crippen molar-refractivity contribution in [3.05, 3.63) is 63.5 Å². The highest BCUT2D eigenvalue weighted by Gasteiger charge is 2.16. The van der Waals surface area contributed by atoms with Gasteiger partial charge in [-0.3, -0.25) is 4.79 Å². The number of benzene rings is 2. The van der Waals surface area contributed by atoms with Crippen molar-refractivity contribution in [1.82, 2.24) is 0 Å². The van der Waals surface area contributed by atoms with Gasteiger partial charge < -0.3 is 11.1 Å². The fourth-order valence-electron chi connectivity index (χ4n) is 1.61. The van der Waals surface area contributed by atoms with Crippen molar-refractivity contribution < 1.29 is 9.18 Å². The van der Waals surface area contributed by atoms with E-state index in [0.717, 1.165) is 5.56 Å². The van der Waals surface area contributed by atoms with Crippen LogP contribution in [0, 0.1) is 9.39 Å².